The van der Waals surface area contributed by atoms with Gasteiger partial charge in [0, 0.05) is 0 Å². The first kappa shape index (κ1) is 6.11. The van der Waals surface area contributed by atoms with E-state index in [2.05, 4.69) is 0 Å². The molecule has 8 heavy (non-hydrogen) atoms. The average Bonchev–Trinajstić information content (AvgIpc) is 1.77. The highest BCUT2D eigenvalue weighted by molar-refractivity contribution is 6.04. The van der Waals surface area contributed by atoms with E-state index in [1.807, 2.05) is 0 Å². The Balaban J connectivity index is 2.19. The van der Waals surface area contributed by atoms with Crippen LogP contribution in [0.25, 0.3) is 0 Å². The van der Waals surface area contributed by atoms with Gasteiger partial charge in [-0.1, -0.05) is 0 Å². The van der Waals surface area contributed by atoms with Crippen LogP contribution in [0, 0.1) is 0 Å². The fraction of sp³-hybridized carbons (Fsp3) is 1.00. The summed E-state index contributed by atoms with van der Waals surface area (Å²) in [6, 6.07) is 0. The van der Waals surface area contributed by atoms with Gasteiger partial charge in [0.05, 0.1) is 6.10 Å². The summed E-state index contributed by atoms with van der Waals surface area (Å²) in [7, 11) is 5.42. The molecule has 0 bridgehead atoms. The van der Waals surface area contributed by atoms with Crippen molar-refractivity contribution in [2.75, 3.05) is 13.1 Å². The van der Waals surface area contributed by atoms with Gasteiger partial charge in [-0.3, -0.25) is 0 Å². The molecule has 44 valence electrons. The van der Waals surface area contributed by atoms with E-state index >= 15 is 0 Å². The monoisotopic (exact) mass is 111 g/mol. The zero-order chi connectivity index (χ0) is 5.98. The summed E-state index contributed by atoms with van der Waals surface area (Å²) in [5, 5.41) is 8.94. The summed E-state index contributed by atoms with van der Waals surface area (Å²) in [6.07, 6.45) is 1.56. The van der Waals surface area contributed by atoms with E-state index in [1.54, 1.807) is 4.81 Å². The van der Waals surface area contributed by atoms with Crippen LogP contribution < -0.4 is 0 Å². The molecule has 0 spiro atoms. The maximum Gasteiger partial charge on any atom is 0.182 e. The molecule has 0 amide bonds. The van der Waals surface area contributed by atoms with E-state index in [4.69, 9.17) is 13.1 Å². The van der Waals surface area contributed by atoms with Gasteiger partial charge >= 0.3 is 0 Å². The predicted molar refractivity (Wildman–Crippen MR) is 32.6 cm³/mol. The Morgan fingerprint density at radius 1 is 1.38 bits per heavy atom. The van der Waals surface area contributed by atoms with Crippen molar-refractivity contribution < 1.29 is 5.11 Å². The third kappa shape index (κ3) is 1.49. The molecule has 0 atom stereocenters. The lowest BCUT2D eigenvalue weighted by Gasteiger charge is -2.25. The number of nitrogens with zero attached hydrogens (tertiary/aromatic N) is 1. The minimum absolute atomic E-state index is 0.102. The van der Waals surface area contributed by atoms with Crippen molar-refractivity contribution >= 4 is 7.98 Å². The summed E-state index contributed by atoms with van der Waals surface area (Å²) in [4.78, 5) is 1.74. The maximum absolute atomic E-state index is 8.94. The molecular weight excluding hydrogens is 101 g/mol. The van der Waals surface area contributed by atoms with Gasteiger partial charge < -0.3 is 9.92 Å². The molecule has 3 heteroatoms. The summed E-state index contributed by atoms with van der Waals surface area (Å²) >= 11 is 0. The Kier molecular flexibility index (Phi) is 1.92. The fourth-order valence-electron chi connectivity index (χ4n) is 0.886. The topological polar surface area (TPSA) is 23.5 Å². The fourth-order valence-corrected chi connectivity index (χ4v) is 0.886. The molecule has 1 saturated heterocycles. The van der Waals surface area contributed by atoms with Crippen molar-refractivity contribution in [2.45, 2.75) is 18.9 Å². The van der Waals surface area contributed by atoms with Crippen molar-refractivity contribution in [2.24, 2.45) is 0 Å². The second-order valence-corrected chi connectivity index (χ2v) is 2.27. The Morgan fingerprint density at radius 3 is 2.25 bits per heavy atom. The quantitative estimate of drug-likeness (QED) is 0.427. The Morgan fingerprint density at radius 2 is 1.88 bits per heavy atom. The van der Waals surface area contributed by atoms with Crippen LogP contribution in [0.4, 0.5) is 0 Å². The van der Waals surface area contributed by atoms with Gasteiger partial charge in [-0.2, -0.15) is 0 Å². The van der Waals surface area contributed by atoms with Crippen LogP contribution in [0.1, 0.15) is 12.8 Å². The molecule has 0 saturated carbocycles. The smallest absolute Gasteiger partial charge is 0.182 e. The van der Waals surface area contributed by atoms with Gasteiger partial charge in [-0.15, -0.1) is 0 Å². The predicted octanol–water partition coefficient (Wildman–Crippen LogP) is -0.473. The Bertz CT molecular complexity index is 60.8. The normalized spacial score (nSPS) is 26.1. The van der Waals surface area contributed by atoms with Crippen molar-refractivity contribution in [1.29, 1.82) is 0 Å². The lowest BCUT2D eigenvalue weighted by Crippen LogP contribution is -2.33. The first-order valence-electron chi connectivity index (χ1n) is 2.97. The highest BCUT2D eigenvalue weighted by atomic mass is 16.3. The van der Waals surface area contributed by atoms with Crippen molar-refractivity contribution in [1.82, 2.24) is 4.81 Å². The summed E-state index contributed by atoms with van der Waals surface area (Å²) in [6.45, 7) is 1.67. The molecular formula is C5H10BNO. The van der Waals surface area contributed by atoms with E-state index in [9.17, 15) is 0 Å². The van der Waals surface area contributed by atoms with E-state index < -0.39 is 0 Å². The van der Waals surface area contributed by atoms with Crippen LogP contribution in [0.2, 0.25) is 0 Å². The first-order valence-corrected chi connectivity index (χ1v) is 2.97. The van der Waals surface area contributed by atoms with Gasteiger partial charge in [0.2, 0.25) is 0 Å². The molecule has 2 radical (unpaired) electrons. The zero-order valence-electron chi connectivity index (χ0n) is 4.88. The minimum Gasteiger partial charge on any atom is -0.393 e. The molecule has 1 N–H and O–H groups in total. The van der Waals surface area contributed by atoms with Gasteiger partial charge in [0.25, 0.3) is 0 Å². The number of hydrogen-bond acceptors (Lipinski definition) is 2. The molecule has 1 heterocycles. The van der Waals surface area contributed by atoms with E-state index in [0.29, 0.717) is 0 Å². The number of piperidine rings is 1. The zero-order valence-corrected chi connectivity index (χ0v) is 4.88. The summed E-state index contributed by atoms with van der Waals surface area (Å²) in [5.41, 5.74) is 0. The molecule has 0 aromatic carbocycles. The molecule has 1 aliphatic heterocycles. The van der Waals surface area contributed by atoms with Crippen LogP contribution in [0.3, 0.4) is 0 Å². The van der Waals surface area contributed by atoms with Crippen LogP contribution in [-0.4, -0.2) is 37.1 Å². The molecule has 1 rings (SSSR count). The summed E-state index contributed by atoms with van der Waals surface area (Å²) < 4.78 is 0. The number of aliphatic hydroxyl groups is 1. The maximum atomic E-state index is 8.94. The van der Waals surface area contributed by atoms with E-state index in [1.165, 1.54) is 0 Å². The van der Waals surface area contributed by atoms with E-state index in [0.717, 1.165) is 25.9 Å². The van der Waals surface area contributed by atoms with Crippen LogP contribution in [0.15, 0.2) is 0 Å². The van der Waals surface area contributed by atoms with Crippen molar-refractivity contribution in [3.63, 3.8) is 0 Å². The molecule has 0 aromatic rings. The lowest BCUT2D eigenvalue weighted by atomic mass is 10.1. The highest BCUT2D eigenvalue weighted by Gasteiger charge is 2.11. The van der Waals surface area contributed by atoms with Crippen LogP contribution in [0.5, 0.6) is 0 Å². The molecule has 0 aromatic heterocycles. The minimum atomic E-state index is -0.102. The van der Waals surface area contributed by atoms with Gasteiger partial charge in [0.15, 0.2) is 7.98 Å². The van der Waals surface area contributed by atoms with E-state index in [-0.39, 0.29) is 6.10 Å². The SMILES string of the molecule is [B]N1CCC(O)CC1. The second kappa shape index (κ2) is 2.51. The second-order valence-electron chi connectivity index (χ2n) is 2.27. The Hall–Kier alpha value is -0.0151. The Labute approximate surface area is 50.9 Å². The van der Waals surface area contributed by atoms with Crippen molar-refractivity contribution in [3.8, 4) is 0 Å². The molecule has 2 nitrogen and oxygen atoms in total. The van der Waals surface area contributed by atoms with Crippen molar-refractivity contribution in [3.05, 3.63) is 0 Å². The largest absolute Gasteiger partial charge is 0.393 e. The number of rotatable bonds is 0. The lowest BCUT2D eigenvalue weighted by molar-refractivity contribution is 0.114. The first-order chi connectivity index (χ1) is 3.79. The third-order valence-corrected chi connectivity index (χ3v) is 1.50. The standard InChI is InChI=1S/C5H10BNO/c6-7-3-1-5(8)2-4-7/h5,8H,1-4H2. The van der Waals surface area contributed by atoms with Gasteiger partial charge in [-0.05, 0) is 25.9 Å². The number of hydrogen-bond donors (Lipinski definition) is 1. The summed E-state index contributed by atoms with van der Waals surface area (Å²) in [5.74, 6) is 0. The van der Waals surface area contributed by atoms with Gasteiger partial charge in [-0.25, -0.2) is 0 Å². The van der Waals surface area contributed by atoms with Gasteiger partial charge in [0.1, 0.15) is 0 Å². The molecule has 1 fully saturated rings. The highest BCUT2D eigenvalue weighted by Crippen LogP contribution is 2.05. The van der Waals surface area contributed by atoms with Crippen LogP contribution in [-0.2, 0) is 0 Å². The molecule has 1 aliphatic rings. The molecule has 0 unspecified atom stereocenters. The average molecular weight is 111 g/mol. The number of aliphatic hydroxyl groups excluding tert-OH is 1. The van der Waals surface area contributed by atoms with Crippen LogP contribution >= 0.6 is 0 Å². The third-order valence-electron chi connectivity index (χ3n) is 1.50. The molecule has 0 aliphatic carbocycles.